The van der Waals surface area contributed by atoms with Crippen molar-refractivity contribution in [2.45, 2.75) is 51.2 Å². The van der Waals surface area contributed by atoms with Gasteiger partial charge in [-0.05, 0) is 37.0 Å². The normalized spacial score (nSPS) is 19.8. The molecule has 2 aromatic rings. The van der Waals surface area contributed by atoms with Crippen LogP contribution in [0.4, 0.5) is 0 Å². The van der Waals surface area contributed by atoms with Gasteiger partial charge in [-0.1, -0.05) is 43.5 Å². The molecule has 0 aromatic heterocycles. The molecule has 0 bridgehead atoms. The summed E-state index contributed by atoms with van der Waals surface area (Å²) in [4.78, 5) is 15.3. The average molecular weight is 424 g/mol. The Bertz CT molecular complexity index is 924. The topological polar surface area (TPSA) is 57.2 Å². The number of fused-ring (bicyclic) bond motifs is 2. The standard InChI is InChI=1S/C25H29NO5/c27-24(13-18-7-2-1-3-8-18)26(14-19-9-6-12-23-25(19)30-17-29-23)15-20-16-28-21-10-4-5-11-22(21)31-20/h4-6,9-12,18,20H,1-3,7-8,13-17H2/t20-/m0/s1. The molecule has 0 N–H and O–H groups in total. The fraction of sp³-hybridized carbons (Fsp3) is 0.480. The van der Waals surface area contributed by atoms with E-state index in [2.05, 4.69) is 0 Å². The maximum atomic E-state index is 13.4. The Hall–Kier alpha value is -2.89. The fourth-order valence-electron chi connectivity index (χ4n) is 4.74. The van der Waals surface area contributed by atoms with Crippen molar-refractivity contribution in [1.82, 2.24) is 4.90 Å². The number of hydrogen-bond donors (Lipinski definition) is 0. The van der Waals surface area contributed by atoms with E-state index >= 15 is 0 Å². The summed E-state index contributed by atoms with van der Waals surface area (Å²) < 4.78 is 23.2. The van der Waals surface area contributed by atoms with Gasteiger partial charge in [0.15, 0.2) is 29.1 Å². The highest BCUT2D eigenvalue weighted by molar-refractivity contribution is 5.76. The summed E-state index contributed by atoms with van der Waals surface area (Å²) in [5.74, 6) is 3.62. The lowest BCUT2D eigenvalue weighted by atomic mass is 9.86. The number of rotatable bonds is 6. The number of benzene rings is 2. The molecule has 0 radical (unpaired) electrons. The van der Waals surface area contributed by atoms with Crippen molar-refractivity contribution in [2.75, 3.05) is 19.9 Å². The van der Waals surface area contributed by atoms with E-state index in [0.29, 0.717) is 32.0 Å². The van der Waals surface area contributed by atoms with Gasteiger partial charge in [-0.3, -0.25) is 4.79 Å². The van der Waals surface area contributed by atoms with Gasteiger partial charge in [0.25, 0.3) is 0 Å². The first kappa shape index (κ1) is 20.0. The molecule has 2 heterocycles. The van der Waals surface area contributed by atoms with Gasteiger partial charge in [-0.2, -0.15) is 0 Å². The van der Waals surface area contributed by atoms with E-state index in [1.165, 1.54) is 19.3 Å². The van der Waals surface area contributed by atoms with Gasteiger partial charge in [-0.25, -0.2) is 0 Å². The first-order valence-corrected chi connectivity index (χ1v) is 11.3. The van der Waals surface area contributed by atoms with Crippen LogP contribution in [0.1, 0.15) is 44.1 Å². The molecule has 0 spiro atoms. The molecule has 2 aromatic carbocycles. The number of amides is 1. The van der Waals surface area contributed by atoms with Crippen LogP contribution in [-0.2, 0) is 11.3 Å². The van der Waals surface area contributed by atoms with Crippen molar-refractivity contribution in [3.8, 4) is 23.0 Å². The van der Waals surface area contributed by atoms with Gasteiger partial charge < -0.3 is 23.8 Å². The second kappa shape index (κ2) is 9.08. The lowest BCUT2D eigenvalue weighted by molar-refractivity contribution is -0.134. The predicted octanol–water partition coefficient (Wildman–Crippen LogP) is 4.55. The summed E-state index contributed by atoms with van der Waals surface area (Å²) in [7, 11) is 0. The largest absolute Gasteiger partial charge is 0.486 e. The molecule has 1 aliphatic carbocycles. The number of ether oxygens (including phenoxy) is 4. The van der Waals surface area contributed by atoms with Crippen LogP contribution in [0.15, 0.2) is 42.5 Å². The molecule has 6 nitrogen and oxygen atoms in total. The highest BCUT2D eigenvalue weighted by Gasteiger charge is 2.29. The molecule has 1 fully saturated rings. The van der Waals surface area contributed by atoms with Gasteiger partial charge in [0.2, 0.25) is 12.7 Å². The quantitative estimate of drug-likeness (QED) is 0.682. The minimum atomic E-state index is -0.209. The Morgan fingerprint density at radius 1 is 0.903 bits per heavy atom. The second-order valence-electron chi connectivity index (χ2n) is 8.63. The van der Waals surface area contributed by atoms with Crippen LogP contribution < -0.4 is 18.9 Å². The van der Waals surface area contributed by atoms with E-state index in [1.54, 1.807) is 0 Å². The zero-order chi connectivity index (χ0) is 21.0. The maximum absolute atomic E-state index is 13.4. The molecule has 164 valence electrons. The number of nitrogens with zero attached hydrogens (tertiary/aromatic N) is 1. The number of hydrogen-bond acceptors (Lipinski definition) is 5. The number of para-hydroxylation sites is 3. The zero-order valence-electron chi connectivity index (χ0n) is 17.8. The van der Waals surface area contributed by atoms with Crippen molar-refractivity contribution in [3.05, 3.63) is 48.0 Å². The molecule has 31 heavy (non-hydrogen) atoms. The Morgan fingerprint density at radius 2 is 1.71 bits per heavy atom. The van der Waals surface area contributed by atoms with Crippen molar-refractivity contribution in [2.24, 2.45) is 5.92 Å². The predicted molar refractivity (Wildman–Crippen MR) is 116 cm³/mol. The van der Waals surface area contributed by atoms with Crippen molar-refractivity contribution in [3.63, 3.8) is 0 Å². The minimum Gasteiger partial charge on any atom is -0.486 e. The average Bonchev–Trinajstić information content (AvgIpc) is 3.29. The van der Waals surface area contributed by atoms with Crippen LogP contribution in [0.3, 0.4) is 0 Å². The van der Waals surface area contributed by atoms with Crippen molar-refractivity contribution >= 4 is 5.91 Å². The minimum absolute atomic E-state index is 0.172. The van der Waals surface area contributed by atoms with Gasteiger partial charge in [0, 0.05) is 18.5 Å². The highest BCUT2D eigenvalue weighted by atomic mass is 16.7. The first-order valence-electron chi connectivity index (χ1n) is 11.3. The molecule has 2 aliphatic heterocycles. The Kier molecular flexibility index (Phi) is 5.87. The van der Waals surface area contributed by atoms with Crippen LogP contribution in [-0.4, -0.2) is 36.9 Å². The third-order valence-electron chi connectivity index (χ3n) is 6.37. The Morgan fingerprint density at radius 3 is 2.58 bits per heavy atom. The van der Waals surface area contributed by atoms with Crippen LogP contribution in [0.5, 0.6) is 23.0 Å². The molecule has 1 atom stereocenters. The smallest absolute Gasteiger partial charge is 0.231 e. The van der Waals surface area contributed by atoms with Gasteiger partial charge >= 0.3 is 0 Å². The van der Waals surface area contributed by atoms with Crippen LogP contribution in [0.2, 0.25) is 0 Å². The molecule has 0 unspecified atom stereocenters. The number of carbonyl (C=O) groups is 1. The molecule has 6 heteroatoms. The molecule has 5 rings (SSSR count). The van der Waals surface area contributed by atoms with Crippen LogP contribution >= 0.6 is 0 Å². The Labute approximate surface area is 183 Å². The van der Waals surface area contributed by atoms with E-state index in [4.69, 9.17) is 18.9 Å². The van der Waals surface area contributed by atoms with E-state index in [1.807, 2.05) is 47.4 Å². The van der Waals surface area contributed by atoms with Gasteiger partial charge in [0.1, 0.15) is 6.61 Å². The first-order chi connectivity index (χ1) is 15.3. The summed E-state index contributed by atoms with van der Waals surface area (Å²) in [5.41, 5.74) is 0.962. The van der Waals surface area contributed by atoms with Crippen LogP contribution in [0.25, 0.3) is 0 Å². The summed E-state index contributed by atoms with van der Waals surface area (Å²) >= 11 is 0. The highest BCUT2D eigenvalue weighted by Crippen LogP contribution is 2.37. The van der Waals surface area contributed by atoms with Gasteiger partial charge in [0.05, 0.1) is 6.54 Å². The summed E-state index contributed by atoms with van der Waals surface area (Å²) in [6, 6.07) is 13.5. The second-order valence-corrected chi connectivity index (χ2v) is 8.63. The molecule has 0 saturated heterocycles. The Balaban J connectivity index is 1.32. The third kappa shape index (κ3) is 4.58. The van der Waals surface area contributed by atoms with Crippen molar-refractivity contribution in [1.29, 1.82) is 0 Å². The van der Waals surface area contributed by atoms with Crippen LogP contribution in [0, 0.1) is 5.92 Å². The summed E-state index contributed by atoms with van der Waals surface area (Å²) in [5, 5.41) is 0. The maximum Gasteiger partial charge on any atom is 0.231 e. The lowest BCUT2D eigenvalue weighted by Gasteiger charge is -2.32. The zero-order valence-corrected chi connectivity index (χ0v) is 17.8. The van der Waals surface area contributed by atoms with Gasteiger partial charge in [-0.15, -0.1) is 0 Å². The lowest BCUT2D eigenvalue weighted by Crippen LogP contribution is -2.43. The fourth-order valence-corrected chi connectivity index (χ4v) is 4.74. The summed E-state index contributed by atoms with van der Waals surface area (Å²) in [6.07, 6.45) is 6.42. The van der Waals surface area contributed by atoms with E-state index in [9.17, 15) is 4.79 Å². The van der Waals surface area contributed by atoms with E-state index in [0.717, 1.165) is 41.4 Å². The molecule has 1 saturated carbocycles. The third-order valence-corrected chi connectivity index (χ3v) is 6.37. The SMILES string of the molecule is O=C(CC1CCCCC1)N(Cc1cccc2c1OCO2)C[C@H]1COc2ccccc2O1. The van der Waals surface area contributed by atoms with E-state index < -0.39 is 0 Å². The molecule has 1 amide bonds. The molecular weight excluding hydrogens is 394 g/mol. The molecular formula is C25H29NO5. The molecule has 3 aliphatic rings. The van der Waals surface area contributed by atoms with E-state index in [-0.39, 0.29) is 18.8 Å². The monoisotopic (exact) mass is 423 g/mol. The summed E-state index contributed by atoms with van der Waals surface area (Å²) in [6.45, 7) is 1.60. The number of carbonyl (C=O) groups excluding carboxylic acids is 1. The van der Waals surface area contributed by atoms with Crippen molar-refractivity contribution < 1.29 is 23.7 Å².